The normalized spacial score (nSPS) is 10.3. The minimum absolute atomic E-state index is 0.108. The van der Waals surface area contributed by atoms with Crippen LogP contribution in [0.15, 0.2) is 72.8 Å². The lowest BCUT2D eigenvalue weighted by molar-refractivity contribution is 0.0996. The third kappa shape index (κ3) is 3.87. The number of carbonyl (C=O) groups is 2. The zero-order chi connectivity index (χ0) is 17.8. The first kappa shape index (κ1) is 16.7. The summed E-state index contributed by atoms with van der Waals surface area (Å²) in [6.45, 7) is 0. The topological polar surface area (TPSA) is 66.4 Å². The van der Waals surface area contributed by atoms with E-state index in [-0.39, 0.29) is 17.1 Å². The Bertz CT molecular complexity index is 918. The van der Waals surface area contributed by atoms with E-state index < -0.39 is 5.91 Å². The lowest BCUT2D eigenvalue weighted by Crippen LogP contribution is -2.16. The summed E-state index contributed by atoms with van der Waals surface area (Å²) in [5.41, 5.74) is 1.56. The lowest BCUT2D eigenvalue weighted by atomic mass is 9.98. The summed E-state index contributed by atoms with van der Waals surface area (Å²) in [7, 11) is 0. The van der Waals surface area contributed by atoms with Crippen molar-refractivity contribution in [2.45, 2.75) is 0 Å². The first-order valence-electron chi connectivity index (χ1n) is 7.54. The molecule has 3 aromatic rings. The smallest absolute Gasteiger partial charge is 0.256 e. The molecule has 0 atom stereocenters. The van der Waals surface area contributed by atoms with Crippen molar-refractivity contribution in [3.63, 3.8) is 0 Å². The Hall–Kier alpha value is -3.11. The second-order valence-corrected chi connectivity index (χ2v) is 5.82. The van der Waals surface area contributed by atoms with E-state index in [1.165, 1.54) is 12.1 Å². The Labute approximate surface area is 149 Å². The summed E-state index contributed by atoms with van der Waals surface area (Å²) in [6.07, 6.45) is 0. The molecule has 0 saturated carbocycles. The van der Waals surface area contributed by atoms with Gasteiger partial charge in [-0.3, -0.25) is 9.59 Å². The zero-order valence-corrected chi connectivity index (χ0v) is 13.8. The van der Waals surface area contributed by atoms with E-state index in [9.17, 15) is 14.7 Å². The third-order valence-corrected chi connectivity index (χ3v) is 3.90. The molecule has 4 nitrogen and oxygen atoms in total. The number of hydrogen-bond donors (Lipinski definition) is 2. The largest absolute Gasteiger partial charge is 0.508 e. The molecular weight excluding hydrogens is 338 g/mol. The molecule has 0 aliphatic rings. The van der Waals surface area contributed by atoms with E-state index in [1.807, 2.05) is 0 Å². The Kier molecular flexibility index (Phi) is 4.82. The second-order valence-electron chi connectivity index (χ2n) is 5.38. The highest BCUT2D eigenvalue weighted by atomic mass is 35.5. The van der Waals surface area contributed by atoms with Gasteiger partial charge in [0, 0.05) is 21.8 Å². The van der Waals surface area contributed by atoms with Gasteiger partial charge in [0.15, 0.2) is 5.78 Å². The summed E-state index contributed by atoms with van der Waals surface area (Å²) in [5, 5.41) is 12.6. The van der Waals surface area contributed by atoms with Crippen LogP contribution in [0.3, 0.4) is 0 Å². The second kappa shape index (κ2) is 7.20. The fourth-order valence-corrected chi connectivity index (χ4v) is 2.51. The van der Waals surface area contributed by atoms with Gasteiger partial charge in [-0.05, 0) is 54.6 Å². The average molecular weight is 352 g/mol. The number of ketones is 1. The minimum atomic E-state index is -0.399. The maximum atomic E-state index is 12.7. The Morgan fingerprint density at radius 2 is 1.40 bits per heavy atom. The van der Waals surface area contributed by atoms with Crippen molar-refractivity contribution in [2.75, 3.05) is 5.32 Å². The number of anilines is 1. The Morgan fingerprint density at radius 3 is 2.04 bits per heavy atom. The molecule has 3 rings (SSSR count). The maximum absolute atomic E-state index is 12.7. The molecule has 0 aliphatic heterocycles. The molecule has 0 heterocycles. The number of amides is 1. The van der Waals surface area contributed by atoms with Crippen molar-refractivity contribution in [3.05, 3.63) is 94.5 Å². The fourth-order valence-electron chi connectivity index (χ4n) is 2.38. The van der Waals surface area contributed by atoms with Gasteiger partial charge in [0.2, 0.25) is 0 Å². The summed E-state index contributed by atoms with van der Waals surface area (Å²) in [4.78, 5) is 25.3. The molecule has 0 bridgehead atoms. The number of aromatic hydroxyl groups is 1. The van der Waals surface area contributed by atoms with Crippen molar-refractivity contribution in [2.24, 2.45) is 0 Å². The fraction of sp³-hybridized carbons (Fsp3) is 0. The molecule has 1 amide bonds. The van der Waals surface area contributed by atoms with E-state index in [1.54, 1.807) is 60.7 Å². The number of phenols is 1. The highest BCUT2D eigenvalue weighted by Crippen LogP contribution is 2.19. The molecule has 0 radical (unpaired) electrons. The van der Waals surface area contributed by atoms with Gasteiger partial charge in [0.05, 0.1) is 5.56 Å². The first-order valence-corrected chi connectivity index (χ1v) is 7.92. The van der Waals surface area contributed by atoms with Crippen LogP contribution in [0.1, 0.15) is 26.3 Å². The van der Waals surface area contributed by atoms with Crippen molar-refractivity contribution in [1.29, 1.82) is 0 Å². The highest BCUT2D eigenvalue weighted by molar-refractivity contribution is 6.30. The van der Waals surface area contributed by atoms with Gasteiger partial charge in [-0.2, -0.15) is 0 Å². The van der Waals surface area contributed by atoms with Crippen LogP contribution < -0.4 is 5.32 Å². The molecule has 2 N–H and O–H groups in total. The number of hydrogen-bond acceptors (Lipinski definition) is 3. The summed E-state index contributed by atoms with van der Waals surface area (Å²) in [5.74, 6) is -0.548. The van der Waals surface area contributed by atoms with Gasteiger partial charge in [0.1, 0.15) is 5.75 Å². The molecule has 3 aromatic carbocycles. The molecule has 25 heavy (non-hydrogen) atoms. The van der Waals surface area contributed by atoms with Crippen LogP contribution in [0.5, 0.6) is 5.75 Å². The van der Waals surface area contributed by atoms with E-state index in [4.69, 9.17) is 11.6 Å². The number of halogens is 1. The van der Waals surface area contributed by atoms with Crippen LogP contribution in [-0.4, -0.2) is 16.8 Å². The van der Waals surface area contributed by atoms with Crippen molar-refractivity contribution in [1.82, 2.24) is 0 Å². The molecular formula is C20H14ClNO3. The summed E-state index contributed by atoms with van der Waals surface area (Å²) >= 11 is 5.85. The van der Waals surface area contributed by atoms with E-state index >= 15 is 0 Å². The molecule has 0 unspecified atom stereocenters. The quantitative estimate of drug-likeness (QED) is 0.536. The predicted octanol–water partition coefficient (Wildman–Crippen LogP) is 4.53. The summed E-state index contributed by atoms with van der Waals surface area (Å²) < 4.78 is 0. The van der Waals surface area contributed by atoms with E-state index in [2.05, 4.69) is 5.32 Å². The molecule has 0 fully saturated rings. The van der Waals surface area contributed by atoms with E-state index in [0.717, 1.165) is 0 Å². The highest BCUT2D eigenvalue weighted by Gasteiger charge is 2.18. The van der Waals surface area contributed by atoms with Crippen LogP contribution in [0.2, 0.25) is 5.02 Å². The standard InChI is InChI=1S/C20H14ClNO3/c21-14-7-5-13(6-8-14)19(24)17-3-1-2-4-18(17)20(25)22-15-9-11-16(23)12-10-15/h1-12,23H,(H,22,25). The number of phenolic OH excluding ortho intramolecular Hbond substituents is 1. The van der Waals surface area contributed by atoms with Gasteiger partial charge in [-0.1, -0.05) is 29.8 Å². The third-order valence-electron chi connectivity index (χ3n) is 3.65. The molecule has 0 saturated heterocycles. The molecule has 0 aromatic heterocycles. The molecule has 124 valence electrons. The SMILES string of the molecule is O=C(Nc1ccc(O)cc1)c1ccccc1C(=O)c1ccc(Cl)cc1. The zero-order valence-electron chi connectivity index (χ0n) is 13.1. The van der Waals surface area contributed by atoms with Crippen LogP contribution in [0.4, 0.5) is 5.69 Å². The van der Waals surface area contributed by atoms with E-state index in [0.29, 0.717) is 21.8 Å². The Morgan fingerprint density at radius 1 is 0.800 bits per heavy atom. The van der Waals surface area contributed by atoms with Crippen LogP contribution >= 0.6 is 11.6 Å². The number of rotatable bonds is 4. The van der Waals surface area contributed by atoms with Crippen molar-refractivity contribution >= 4 is 29.0 Å². The molecule has 0 aliphatic carbocycles. The summed E-state index contributed by atoms with van der Waals surface area (Å²) in [6, 6.07) is 19.2. The first-order chi connectivity index (χ1) is 12.0. The van der Waals surface area contributed by atoms with Crippen LogP contribution in [-0.2, 0) is 0 Å². The minimum Gasteiger partial charge on any atom is -0.508 e. The lowest BCUT2D eigenvalue weighted by Gasteiger charge is -2.10. The van der Waals surface area contributed by atoms with Gasteiger partial charge >= 0.3 is 0 Å². The maximum Gasteiger partial charge on any atom is 0.256 e. The molecule has 5 heteroatoms. The van der Waals surface area contributed by atoms with Gasteiger partial charge < -0.3 is 10.4 Å². The van der Waals surface area contributed by atoms with Crippen molar-refractivity contribution < 1.29 is 14.7 Å². The Balaban J connectivity index is 1.89. The van der Waals surface area contributed by atoms with Crippen LogP contribution in [0, 0.1) is 0 Å². The van der Waals surface area contributed by atoms with Crippen LogP contribution in [0.25, 0.3) is 0 Å². The molecule has 0 spiro atoms. The van der Waals surface area contributed by atoms with Crippen molar-refractivity contribution in [3.8, 4) is 5.75 Å². The van der Waals surface area contributed by atoms with Gasteiger partial charge in [0.25, 0.3) is 5.91 Å². The van der Waals surface area contributed by atoms with Gasteiger partial charge in [-0.15, -0.1) is 0 Å². The average Bonchev–Trinajstić information content (AvgIpc) is 2.63. The van der Waals surface area contributed by atoms with Gasteiger partial charge in [-0.25, -0.2) is 0 Å². The monoisotopic (exact) mass is 351 g/mol. The number of nitrogens with one attached hydrogen (secondary N) is 1. The predicted molar refractivity (Wildman–Crippen MR) is 97.4 cm³/mol. The number of benzene rings is 3. The number of carbonyl (C=O) groups excluding carboxylic acids is 2.